The Morgan fingerprint density at radius 1 is 1.25 bits per heavy atom. The van der Waals surface area contributed by atoms with Gasteiger partial charge in [0.2, 0.25) is 10.0 Å². The van der Waals surface area contributed by atoms with Crippen LogP contribution in [-0.4, -0.2) is 40.8 Å². The molecular weight excluding hydrogens is 382 g/mol. The van der Waals surface area contributed by atoms with E-state index in [-0.39, 0.29) is 17.6 Å². The van der Waals surface area contributed by atoms with Gasteiger partial charge in [-0.15, -0.1) is 0 Å². The standard InChI is InChI=1S/C20H25NO6S.H2/c1-15(25-3)7-8-16(2)27-20(22)17-9-11-19(12-10-17)28(23,24)21-13-5-4-6-18-14-26-18;/h7-12,18,21H,1-2,4-6,13-14H2,3H3;1H/b8-7-;. The summed E-state index contributed by atoms with van der Waals surface area (Å²) in [5.74, 6) is -0.143. The van der Waals surface area contributed by atoms with E-state index < -0.39 is 16.0 Å². The second-order valence-corrected chi connectivity index (χ2v) is 8.00. The third-order valence-corrected chi connectivity index (χ3v) is 5.47. The van der Waals surface area contributed by atoms with Crippen LogP contribution in [0.15, 0.2) is 66.0 Å². The number of carbonyl (C=O) groups is 1. The summed E-state index contributed by atoms with van der Waals surface area (Å²) < 4.78 is 42.2. The third kappa shape index (κ3) is 7.30. The number of methoxy groups -OCH3 is 1. The number of hydrogen-bond acceptors (Lipinski definition) is 6. The lowest BCUT2D eigenvalue weighted by Gasteiger charge is -2.08. The van der Waals surface area contributed by atoms with Crippen molar-refractivity contribution < 1.29 is 28.8 Å². The van der Waals surface area contributed by atoms with E-state index in [1.165, 1.54) is 43.5 Å². The van der Waals surface area contributed by atoms with Crippen molar-refractivity contribution in [1.29, 1.82) is 0 Å². The number of esters is 1. The van der Waals surface area contributed by atoms with Crippen molar-refractivity contribution in [3.05, 3.63) is 66.7 Å². The van der Waals surface area contributed by atoms with Crippen molar-refractivity contribution in [2.24, 2.45) is 0 Å². The Kier molecular flexibility index (Phi) is 7.98. The second-order valence-electron chi connectivity index (χ2n) is 6.23. The van der Waals surface area contributed by atoms with Crippen LogP contribution in [0.5, 0.6) is 0 Å². The van der Waals surface area contributed by atoms with Crippen LogP contribution in [0.4, 0.5) is 0 Å². The lowest BCUT2D eigenvalue weighted by molar-refractivity contribution is 0.0638. The first-order chi connectivity index (χ1) is 13.3. The predicted octanol–water partition coefficient (Wildman–Crippen LogP) is 3.17. The zero-order valence-corrected chi connectivity index (χ0v) is 16.7. The average molecular weight is 410 g/mol. The Morgan fingerprint density at radius 2 is 1.89 bits per heavy atom. The summed E-state index contributed by atoms with van der Waals surface area (Å²) in [4.78, 5) is 12.2. The molecule has 1 aliphatic rings. The number of carbonyl (C=O) groups excluding carboxylic acids is 1. The fourth-order valence-corrected chi connectivity index (χ4v) is 3.33. The molecule has 1 aliphatic heterocycles. The molecule has 1 fully saturated rings. The van der Waals surface area contributed by atoms with E-state index in [9.17, 15) is 13.2 Å². The number of epoxide rings is 1. The van der Waals surface area contributed by atoms with Gasteiger partial charge in [0, 0.05) is 7.97 Å². The topological polar surface area (TPSA) is 94.2 Å². The molecule has 1 saturated heterocycles. The first kappa shape index (κ1) is 21.9. The van der Waals surface area contributed by atoms with Gasteiger partial charge in [0.05, 0.1) is 30.3 Å². The molecule has 0 aromatic heterocycles. The largest absolute Gasteiger partial charge is 0.497 e. The Labute approximate surface area is 167 Å². The summed E-state index contributed by atoms with van der Waals surface area (Å²) in [6.07, 6.45) is 5.92. The maximum Gasteiger partial charge on any atom is 0.343 e. The van der Waals surface area contributed by atoms with E-state index in [0.29, 0.717) is 18.4 Å². The Morgan fingerprint density at radius 3 is 2.50 bits per heavy atom. The molecule has 1 aromatic rings. The van der Waals surface area contributed by atoms with E-state index >= 15 is 0 Å². The van der Waals surface area contributed by atoms with Gasteiger partial charge in [-0.1, -0.05) is 13.2 Å². The number of sulfonamides is 1. The maximum atomic E-state index is 12.3. The molecule has 1 N–H and O–H groups in total. The van der Waals surface area contributed by atoms with E-state index in [0.717, 1.165) is 25.9 Å². The molecule has 0 spiro atoms. The average Bonchev–Trinajstić information content (AvgIpc) is 3.50. The van der Waals surface area contributed by atoms with Gasteiger partial charge < -0.3 is 14.2 Å². The minimum atomic E-state index is -3.62. The SMILES string of the molecule is C=C(/C=C\C(=C)OC(=O)c1ccc(S(=O)(=O)NCCCCC2CO2)cc1)OC.[HH]. The van der Waals surface area contributed by atoms with Gasteiger partial charge in [0.25, 0.3) is 0 Å². The number of unbranched alkanes of at least 4 members (excludes halogenated alkanes) is 1. The molecule has 7 nitrogen and oxygen atoms in total. The molecule has 8 heteroatoms. The number of allylic oxidation sites excluding steroid dienone is 2. The van der Waals surface area contributed by atoms with Crippen LogP contribution in [0, 0.1) is 0 Å². The highest BCUT2D eigenvalue weighted by atomic mass is 32.2. The van der Waals surface area contributed by atoms with Gasteiger partial charge in [-0.3, -0.25) is 0 Å². The first-order valence-electron chi connectivity index (χ1n) is 8.85. The summed E-state index contributed by atoms with van der Waals surface area (Å²) >= 11 is 0. The number of hydrogen-bond donors (Lipinski definition) is 1. The molecule has 1 aromatic carbocycles. The monoisotopic (exact) mass is 409 g/mol. The van der Waals surface area contributed by atoms with E-state index in [2.05, 4.69) is 17.9 Å². The van der Waals surface area contributed by atoms with Crippen LogP contribution in [0.1, 0.15) is 31.0 Å². The lowest BCUT2D eigenvalue weighted by atomic mass is 10.2. The smallest absolute Gasteiger partial charge is 0.343 e. The van der Waals surface area contributed by atoms with Crippen molar-refractivity contribution >= 4 is 16.0 Å². The van der Waals surface area contributed by atoms with Crippen molar-refractivity contribution in [3.63, 3.8) is 0 Å². The third-order valence-electron chi connectivity index (χ3n) is 3.99. The fourth-order valence-electron chi connectivity index (χ4n) is 2.26. The Hall–Kier alpha value is -2.42. The number of rotatable bonds is 12. The fraction of sp³-hybridized carbons (Fsp3) is 0.350. The minimum absolute atomic E-state index is 0. The Balaban J connectivity index is 0.00000420. The van der Waals surface area contributed by atoms with Crippen molar-refractivity contribution in [1.82, 2.24) is 4.72 Å². The van der Waals surface area contributed by atoms with Crippen LogP contribution in [-0.2, 0) is 24.2 Å². The van der Waals surface area contributed by atoms with Crippen molar-refractivity contribution in [2.45, 2.75) is 30.3 Å². The van der Waals surface area contributed by atoms with Crippen LogP contribution in [0.25, 0.3) is 0 Å². The summed E-state index contributed by atoms with van der Waals surface area (Å²) in [6.45, 7) is 8.38. The van der Waals surface area contributed by atoms with Gasteiger partial charge in [0.15, 0.2) is 0 Å². The number of ether oxygens (including phenoxy) is 3. The molecule has 28 heavy (non-hydrogen) atoms. The van der Waals surface area contributed by atoms with E-state index in [1.807, 2.05) is 0 Å². The van der Waals surface area contributed by atoms with E-state index in [4.69, 9.17) is 14.2 Å². The molecule has 154 valence electrons. The molecule has 1 atom stereocenters. The molecule has 0 bridgehead atoms. The summed E-state index contributed by atoms with van der Waals surface area (Å²) in [6, 6.07) is 5.52. The second kappa shape index (κ2) is 10.2. The maximum absolute atomic E-state index is 12.3. The summed E-state index contributed by atoms with van der Waals surface area (Å²) in [7, 11) is -2.15. The molecule has 0 amide bonds. The van der Waals surface area contributed by atoms with Crippen LogP contribution in [0.2, 0.25) is 0 Å². The lowest BCUT2D eigenvalue weighted by Crippen LogP contribution is -2.24. The van der Waals surface area contributed by atoms with Crippen molar-refractivity contribution in [3.8, 4) is 0 Å². The molecule has 0 radical (unpaired) electrons. The molecule has 2 rings (SSSR count). The first-order valence-corrected chi connectivity index (χ1v) is 10.3. The molecule has 1 unspecified atom stereocenters. The molecular formula is C20H27NO6S. The number of nitrogens with one attached hydrogen (secondary N) is 1. The van der Waals surface area contributed by atoms with Gasteiger partial charge in [0.1, 0.15) is 11.5 Å². The molecule has 1 heterocycles. The predicted molar refractivity (Wildman–Crippen MR) is 107 cm³/mol. The van der Waals surface area contributed by atoms with Crippen molar-refractivity contribution in [2.75, 3.05) is 20.3 Å². The summed E-state index contributed by atoms with van der Waals surface area (Å²) in [5, 5.41) is 0. The Bertz CT molecular complexity index is 844. The van der Waals surface area contributed by atoms with Gasteiger partial charge >= 0.3 is 5.97 Å². The minimum Gasteiger partial charge on any atom is -0.497 e. The molecule has 0 saturated carbocycles. The molecule has 0 aliphatic carbocycles. The van der Waals surface area contributed by atoms with Gasteiger partial charge in [-0.05, 0) is 55.7 Å². The zero-order chi connectivity index (χ0) is 20.6. The van der Waals surface area contributed by atoms with Crippen LogP contribution in [0.3, 0.4) is 0 Å². The quantitative estimate of drug-likeness (QED) is 0.187. The van der Waals surface area contributed by atoms with Gasteiger partial charge in [-0.2, -0.15) is 0 Å². The highest BCUT2D eigenvalue weighted by Crippen LogP contribution is 2.17. The summed E-state index contributed by atoms with van der Waals surface area (Å²) in [5.41, 5.74) is 0.212. The van der Waals surface area contributed by atoms with Crippen LogP contribution < -0.4 is 4.72 Å². The van der Waals surface area contributed by atoms with Gasteiger partial charge in [-0.25, -0.2) is 17.9 Å². The van der Waals surface area contributed by atoms with E-state index in [1.54, 1.807) is 0 Å². The van der Waals surface area contributed by atoms with Crippen LogP contribution >= 0.6 is 0 Å². The normalized spacial score (nSPS) is 16.0. The highest BCUT2D eigenvalue weighted by Gasteiger charge is 2.21. The highest BCUT2D eigenvalue weighted by molar-refractivity contribution is 7.89. The number of benzene rings is 1. The zero-order valence-electron chi connectivity index (χ0n) is 15.8.